The number of rotatable bonds is 4. The quantitative estimate of drug-likeness (QED) is 0.861. The van der Waals surface area contributed by atoms with Crippen molar-refractivity contribution in [3.05, 3.63) is 40.2 Å². The van der Waals surface area contributed by atoms with Crippen molar-refractivity contribution in [2.45, 2.75) is 6.42 Å². The molecule has 0 atom stereocenters. The Hall–Kier alpha value is -2.50. The van der Waals surface area contributed by atoms with Gasteiger partial charge in [-0.05, 0) is 12.1 Å². The minimum atomic E-state index is -1.04. The second kappa shape index (κ2) is 5.01. The molecule has 6 nitrogen and oxygen atoms in total. The second-order valence-corrected chi connectivity index (χ2v) is 4.13. The van der Waals surface area contributed by atoms with Gasteiger partial charge in [0, 0.05) is 12.6 Å². The van der Waals surface area contributed by atoms with Crippen molar-refractivity contribution in [2.75, 3.05) is 7.11 Å². The van der Waals surface area contributed by atoms with Gasteiger partial charge < -0.3 is 9.84 Å². The van der Waals surface area contributed by atoms with Gasteiger partial charge in [-0.15, -0.1) is 0 Å². The molecule has 1 aromatic heterocycles. The van der Waals surface area contributed by atoms with Gasteiger partial charge in [0.05, 0.1) is 24.8 Å². The van der Waals surface area contributed by atoms with E-state index in [9.17, 15) is 9.59 Å². The fourth-order valence-corrected chi connectivity index (χ4v) is 1.93. The highest BCUT2D eigenvalue weighted by Gasteiger charge is 2.17. The molecule has 0 amide bonds. The van der Waals surface area contributed by atoms with E-state index in [1.807, 2.05) is 0 Å². The molecule has 19 heavy (non-hydrogen) atoms. The minimum absolute atomic E-state index is 0.239. The lowest BCUT2D eigenvalue weighted by Gasteiger charge is -2.04. The normalized spacial score (nSPS) is 10.4. The predicted molar refractivity (Wildman–Crippen MR) is 69.4 cm³/mol. The average Bonchev–Trinajstić information content (AvgIpc) is 2.66. The van der Waals surface area contributed by atoms with Crippen molar-refractivity contribution >= 4 is 5.97 Å². The number of benzene rings is 1. The fraction of sp³-hybridized carbons (Fsp3) is 0.231. The lowest BCUT2D eigenvalue weighted by atomic mass is 10.1. The molecule has 0 fully saturated rings. The Balaban J connectivity index is 2.57. The zero-order valence-electron chi connectivity index (χ0n) is 10.6. The summed E-state index contributed by atoms with van der Waals surface area (Å²) in [6, 6.07) is 7.10. The van der Waals surface area contributed by atoms with E-state index in [0.717, 1.165) is 0 Å². The molecule has 1 heterocycles. The molecular formula is C13H14N2O4. The van der Waals surface area contributed by atoms with Crippen LogP contribution in [-0.2, 0) is 18.3 Å². The first-order chi connectivity index (χ1) is 9.02. The van der Waals surface area contributed by atoms with Crippen LogP contribution in [0.3, 0.4) is 0 Å². The van der Waals surface area contributed by atoms with E-state index in [1.165, 1.54) is 4.68 Å². The van der Waals surface area contributed by atoms with Gasteiger partial charge >= 0.3 is 5.97 Å². The van der Waals surface area contributed by atoms with E-state index in [1.54, 1.807) is 38.4 Å². The number of methoxy groups -OCH3 is 1. The van der Waals surface area contributed by atoms with Crippen molar-refractivity contribution in [3.63, 3.8) is 0 Å². The highest BCUT2D eigenvalue weighted by atomic mass is 16.5. The molecule has 0 bridgehead atoms. The summed E-state index contributed by atoms with van der Waals surface area (Å²) < 4.78 is 6.39. The number of carboxylic acids is 1. The summed E-state index contributed by atoms with van der Waals surface area (Å²) in [6.07, 6.45) is -0.317. The summed E-state index contributed by atoms with van der Waals surface area (Å²) >= 11 is 0. The van der Waals surface area contributed by atoms with E-state index in [4.69, 9.17) is 9.84 Å². The number of aliphatic carboxylic acids is 1. The Morgan fingerprint density at radius 2 is 2.21 bits per heavy atom. The summed E-state index contributed by atoms with van der Waals surface area (Å²) in [5, 5.41) is 11.8. The first-order valence-corrected chi connectivity index (χ1v) is 5.67. The lowest BCUT2D eigenvalue weighted by molar-refractivity contribution is -0.136. The van der Waals surface area contributed by atoms with Crippen LogP contribution in [0.5, 0.6) is 5.75 Å². The molecule has 0 spiro atoms. The molecule has 0 saturated carbocycles. The second-order valence-electron chi connectivity index (χ2n) is 4.13. The number of ether oxygens (including phenoxy) is 1. The monoisotopic (exact) mass is 262 g/mol. The zero-order valence-corrected chi connectivity index (χ0v) is 10.6. The summed E-state index contributed by atoms with van der Waals surface area (Å²) in [6.45, 7) is 0. The largest absolute Gasteiger partial charge is 0.497 e. The van der Waals surface area contributed by atoms with Gasteiger partial charge in [-0.1, -0.05) is 12.1 Å². The molecule has 0 aliphatic heterocycles. The van der Waals surface area contributed by atoms with Gasteiger partial charge in [-0.3, -0.25) is 19.4 Å². The Morgan fingerprint density at radius 1 is 1.47 bits per heavy atom. The Bertz CT molecular complexity index is 670. The van der Waals surface area contributed by atoms with Gasteiger partial charge in [0.2, 0.25) is 0 Å². The summed E-state index contributed by atoms with van der Waals surface area (Å²) in [4.78, 5) is 22.7. The molecule has 2 N–H and O–H groups in total. The number of nitrogens with one attached hydrogen (secondary N) is 1. The van der Waals surface area contributed by atoms with Gasteiger partial charge in [0.1, 0.15) is 5.75 Å². The molecule has 2 rings (SSSR count). The van der Waals surface area contributed by atoms with Crippen LogP contribution in [0, 0.1) is 0 Å². The summed E-state index contributed by atoms with van der Waals surface area (Å²) in [5.74, 6) is -0.399. The third-order valence-electron chi connectivity index (χ3n) is 2.83. The standard InChI is InChI=1S/C13H14N2O4/c1-15-13(18)10(7-11(16)17)12(14-15)8-4-3-5-9(6-8)19-2/h3-6,14H,7H2,1-2H3,(H,16,17). The minimum Gasteiger partial charge on any atom is -0.497 e. The number of H-pyrrole nitrogens is 1. The fourth-order valence-electron chi connectivity index (χ4n) is 1.93. The van der Waals surface area contributed by atoms with E-state index in [2.05, 4.69) is 5.10 Å². The van der Waals surface area contributed by atoms with Crippen LogP contribution in [0.2, 0.25) is 0 Å². The van der Waals surface area contributed by atoms with Gasteiger partial charge in [-0.25, -0.2) is 0 Å². The third kappa shape index (κ3) is 2.52. The average molecular weight is 262 g/mol. The number of aryl methyl sites for hydroxylation is 1. The maximum absolute atomic E-state index is 11.9. The van der Waals surface area contributed by atoms with Gasteiger partial charge in [0.25, 0.3) is 5.56 Å². The van der Waals surface area contributed by atoms with Crippen LogP contribution in [0.4, 0.5) is 0 Å². The highest BCUT2D eigenvalue weighted by molar-refractivity contribution is 5.75. The predicted octanol–water partition coefficient (Wildman–Crippen LogP) is 1.02. The SMILES string of the molecule is COc1cccc(-c2[nH]n(C)c(=O)c2CC(=O)O)c1. The summed E-state index contributed by atoms with van der Waals surface area (Å²) in [7, 11) is 3.10. The number of carboxylic acid groups (broad SMARTS) is 1. The first-order valence-electron chi connectivity index (χ1n) is 5.67. The highest BCUT2D eigenvalue weighted by Crippen LogP contribution is 2.24. The maximum atomic E-state index is 11.9. The molecule has 0 aliphatic carbocycles. The van der Waals surface area contributed by atoms with Crippen molar-refractivity contribution in [3.8, 4) is 17.0 Å². The van der Waals surface area contributed by atoms with Crippen LogP contribution in [0.15, 0.2) is 29.1 Å². The number of carbonyl (C=O) groups is 1. The Kier molecular flexibility index (Phi) is 3.41. The van der Waals surface area contributed by atoms with Crippen molar-refractivity contribution in [1.29, 1.82) is 0 Å². The van der Waals surface area contributed by atoms with Crippen LogP contribution in [-0.4, -0.2) is 28.0 Å². The van der Waals surface area contributed by atoms with Crippen LogP contribution >= 0.6 is 0 Å². The number of aromatic amines is 1. The molecule has 0 unspecified atom stereocenters. The van der Waals surface area contributed by atoms with Gasteiger partial charge in [-0.2, -0.15) is 0 Å². The maximum Gasteiger partial charge on any atom is 0.308 e. The Morgan fingerprint density at radius 3 is 2.84 bits per heavy atom. The first kappa shape index (κ1) is 12.9. The van der Waals surface area contributed by atoms with E-state index in [0.29, 0.717) is 17.0 Å². The topological polar surface area (TPSA) is 84.3 Å². The number of hydrogen-bond donors (Lipinski definition) is 2. The summed E-state index contributed by atoms with van der Waals surface area (Å²) in [5.41, 5.74) is 1.13. The molecule has 0 saturated heterocycles. The molecule has 0 aliphatic rings. The van der Waals surface area contributed by atoms with E-state index in [-0.39, 0.29) is 17.5 Å². The van der Waals surface area contributed by atoms with Crippen molar-refractivity contribution in [1.82, 2.24) is 9.78 Å². The van der Waals surface area contributed by atoms with Crippen LogP contribution < -0.4 is 10.3 Å². The molecule has 1 aromatic carbocycles. The zero-order chi connectivity index (χ0) is 14.0. The molecule has 0 radical (unpaired) electrons. The number of aromatic nitrogens is 2. The molecule has 6 heteroatoms. The van der Waals surface area contributed by atoms with E-state index >= 15 is 0 Å². The molecule has 100 valence electrons. The van der Waals surface area contributed by atoms with Crippen molar-refractivity contribution in [2.24, 2.45) is 7.05 Å². The number of hydrogen-bond acceptors (Lipinski definition) is 3. The lowest BCUT2D eigenvalue weighted by Crippen LogP contribution is -2.17. The molecule has 2 aromatic rings. The molecular weight excluding hydrogens is 248 g/mol. The van der Waals surface area contributed by atoms with Gasteiger partial charge in [0.15, 0.2) is 0 Å². The van der Waals surface area contributed by atoms with Crippen LogP contribution in [0.25, 0.3) is 11.3 Å². The smallest absolute Gasteiger partial charge is 0.308 e. The van der Waals surface area contributed by atoms with Crippen LogP contribution in [0.1, 0.15) is 5.56 Å². The third-order valence-corrected chi connectivity index (χ3v) is 2.83. The van der Waals surface area contributed by atoms with Crippen molar-refractivity contribution < 1.29 is 14.6 Å². The Labute approximate surface area is 109 Å². The number of nitrogens with zero attached hydrogens (tertiary/aromatic N) is 1. The van der Waals surface area contributed by atoms with E-state index < -0.39 is 5.97 Å².